The normalized spacial score (nSPS) is 22.0. The highest BCUT2D eigenvalue weighted by Gasteiger charge is 2.24. The summed E-state index contributed by atoms with van der Waals surface area (Å²) in [7, 11) is 0. The highest BCUT2D eigenvalue weighted by atomic mass is 19.1. The molecule has 2 rings (SSSR count). The first-order valence-electron chi connectivity index (χ1n) is 6.66. The smallest absolute Gasteiger partial charge is 0.123 e. The summed E-state index contributed by atoms with van der Waals surface area (Å²) in [5, 5.41) is 0. The molecule has 1 aliphatic heterocycles. The summed E-state index contributed by atoms with van der Waals surface area (Å²) in [6, 6.07) is 7.54. The second kappa shape index (κ2) is 5.63. The zero-order chi connectivity index (χ0) is 12.3. The zero-order valence-corrected chi connectivity index (χ0v) is 10.8. The Morgan fingerprint density at radius 1 is 1.24 bits per heavy atom. The van der Waals surface area contributed by atoms with E-state index in [1.165, 1.54) is 31.4 Å². The summed E-state index contributed by atoms with van der Waals surface area (Å²) in [6.07, 6.45) is 3.79. The van der Waals surface area contributed by atoms with Gasteiger partial charge >= 0.3 is 0 Å². The predicted octanol–water partition coefficient (Wildman–Crippen LogP) is 4.01. The summed E-state index contributed by atoms with van der Waals surface area (Å²) in [5.74, 6) is 0.552. The van der Waals surface area contributed by atoms with Crippen LogP contribution in [0.4, 0.5) is 4.39 Å². The van der Waals surface area contributed by atoms with Crippen molar-refractivity contribution in [2.24, 2.45) is 5.92 Å². The van der Waals surface area contributed by atoms with Crippen LogP contribution in [-0.2, 0) is 0 Å². The number of benzene rings is 1. The first kappa shape index (κ1) is 12.6. The molecular weight excluding hydrogens is 213 g/mol. The third kappa shape index (κ3) is 3.29. The fourth-order valence-electron chi connectivity index (χ4n) is 2.74. The summed E-state index contributed by atoms with van der Waals surface area (Å²) >= 11 is 0. The van der Waals surface area contributed by atoms with Crippen molar-refractivity contribution in [1.29, 1.82) is 0 Å². The molecule has 0 saturated carbocycles. The van der Waals surface area contributed by atoms with E-state index < -0.39 is 0 Å². The van der Waals surface area contributed by atoms with Gasteiger partial charge in [-0.15, -0.1) is 0 Å². The van der Waals surface area contributed by atoms with Crippen LogP contribution >= 0.6 is 0 Å². The highest BCUT2D eigenvalue weighted by Crippen LogP contribution is 2.31. The van der Waals surface area contributed by atoms with Crippen molar-refractivity contribution in [3.63, 3.8) is 0 Å². The van der Waals surface area contributed by atoms with E-state index >= 15 is 0 Å². The van der Waals surface area contributed by atoms with Gasteiger partial charge < -0.3 is 0 Å². The quantitative estimate of drug-likeness (QED) is 0.765. The third-order valence-electron chi connectivity index (χ3n) is 3.47. The molecule has 0 amide bonds. The van der Waals surface area contributed by atoms with Crippen LogP contribution in [0, 0.1) is 11.7 Å². The molecule has 2 heteroatoms. The van der Waals surface area contributed by atoms with E-state index in [4.69, 9.17) is 0 Å². The van der Waals surface area contributed by atoms with Crippen LogP contribution in [-0.4, -0.2) is 18.0 Å². The molecule has 1 aromatic rings. The Hall–Kier alpha value is -0.890. The van der Waals surface area contributed by atoms with E-state index in [1.54, 1.807) is 12.1 Å². The maximum atomic E-state index is 12.9. The van der Waals surface area contributed by atoms with Crippen LogP contribution in [0.2, 0.25) is 0 Å². The first-order chi connectivity index (χ1) is 8.16. The lowest BCUT2D eigenvalue weighted by Crippen LogP contribution is -2.36. The van der Waals surface area contributed by atoms with Gasteiger partial charge in [-0.2, -0.15) is 0 Å². The topological polar surface area (TPSA) is 3.24 Å². The minimum absolute atomic E-state index is 0.139. The summed E-state index contributed by atoms with van der Waals surface area (Å²) in [5.41, 5.74) is 1.27. The van der Waals surface area contributed by atoms with Gasteiger partial charge in [0.25, 0.3) is 0 Å². The Bertz CT molecular complexity index is 344. The lowest BCUT2D eigenvalue weighted by atomic mass is 9.94. The Morgan fingerprint density at radius 3 is 2.59 bits per heavy atom. The minimum Gasteiger partial charge on any atom is -0.296 e. The van der Waals surface area contributed by atoms with Gasteiger partial charge in [-0.05, 0) is 43.0 Å². The van der Waals surface area contributed by atoms with Gasteiger partial charge in [-0.25, -0.2) is 4.39 Å². The Kier molecular flexibility index (Phi) is 4.16. The van der Waals surface area contributed by atoms with Crippen molar-refractivity contribution < 1.29 is 4.39 Å². The maximum absolute atomic E-state index is 12.9. The van der Waals surface area contributed by atoms with Crippen LogP contribution < -0.4 is 0 Å². The van der Waals surface area contributed by atoms with E-state index in [-0.39, 0.29) is 5.82 Å². The summed E-state index contributed by atoms with van der Waals surface area (Å²) < 4.78 is 12.9. The number of nitrogens with zero attached hydrogens (tertiary/aromatic N) is 1. The molecule has 1 aliphatic rings. The van der Waals surface area contributed by atoms with Gasteiger partial charge in [-0.1, -0.05) is 32.4 Å². The van der Waals surface area contributed by atoms with Gasteiger partial charge in [0.15, 0.2) is 0 Å². The largest absolute Gasteiger partial charge is 0.296 e. The molecule has 1 unspecified atom stereocenters. The SMILES string of the molecule is CC(C)CN1CCCCC1c1ccc(F)cc1. The van der Waals surface area contributed by atoms with Gasteiger partial charge in [0.05, 0.1) is 0 Å². The van der Waals surface area contributed by atoms with Gasteiger partial charge in [-0.3, -0.25) is 4.90 Å². The fraction of sp³-hybridized carbons (Fsp3) is 0.600. The summed E-state index contributed by atoms with van der Waals surface area (Å²) in [6.45, 7) is 6.84. The third-order valence-corrected chi connectivity index (χ3v) is 3.47. The predicted molar refractivity (Wildman–Crippen MR) is 69.4 cm³/mol. The molecule has 1 heterocycles. The molecule has 17 heavy (non-hydrogen) atoms. The number of piperidine rings is 1. The molecule has 1 atom stereocenters. The van der Waals surface area contributed by atoms with Crippen LogP contribution in [0.3, 0.4) is 0 Å². The average Bonchev–Trinajstić information content (AvgIpc) is 2.30. The number of rotatable bonds is 3. The van der Waals surface area contributed by atoms with E-state index in [2.05, 4.69) is 18.7 Å². The number of hydrogen-bond donors (Lipinski definition) is 0. The van der Waals surface area contributed by atoms with Crippen molar-refractivity contribution >= 4 is 0 Å². The molecule has 0 spiro atoms. The molecule has 1 saturated heterocycles. The standard InChI is InChI=1S/C15H22FN/c1-12(2)11-17-10-4-3-5-15(17)13-6-8-14(16)9-7-13/h6-9,12,15H,3-5,10-11H2,1-2H3. The van der Waals surface area contributed by atoms with E-state index in [0.29, 0.717) is 12.0 Å². The van der Waals surface area contributed by atoms with Crippen molar-refractivity contribution in [3.8, 4) is 0 Å². The van der Waals surface area contributed by atoms with Gasteiger partial charge in [0, 0.05) is 12.6 Å². The van der Waals surface area contributed by atoms with Crippen LogP contribution in [0.25, 0.3) is 0 Å². The van der Waals surface area contributed by atoms with Crippen LogP contribution in [0.1, 0.15) is 44.7 Å². The van der Waals surface area contributed by atoms with Crippen molar-refractivity contribution in [1.82, 2.24) is 4.90 Å². The average molecular weight is 235 g/mol. The zero-order valence-electron chi connectivity index (χ0n) is 10.8. The molecule has 0 aliphatic carbocycles. The Balaban J connectivity index is 2.12. The molecule has 0 N–H and O–H groups in total. The lowest BCUT2D eigenvalue weighted by molar-refractivity contribution is 0.132. The highest BCUT2D eigenvalue weighted by molar-refractivity contribution is 5.20. The lowest BCUT2D eigenvalue weighted by Gasteiger charge is -2.37. The van der Waals surface area contributed by atoms with E-state index in [1.807, 2.05) is 12.1 Å². The molecule has 0 bridgehead atoms. The molecule has 1 fully saturated rings. The Labute approximate surface area is 104 Å². The number of hydrogen-bond acceptors (Lipinski definition) is 1. The van der Waals surface area contributed by atoms with Gasteiger partial charge in [0.2, 0.25) is 0 Å². The molecule has 94 valence electrons. The number of halogens is 1. The van der Waals surface area contributed by atoms with Crippen LogP contribution in [0.15, 0.2) is 24.3 Å². The van der Waals surface area contributed by atoms with Crippen molar-refractivity contribution in [3.05, 3.63) is 35.6 Å². The van der Waals surface area contributed by atoms with E-state index in [0.717, 1.165) is 6.54 Å². The molecule has 0 radical (unpaired) electrons. The van der Waals surface area contributed by atoms with Crippen molar-refractivity contribution in [2.45, 2.75) is 39.2 Å². The van der Waals surface area contributed by atoms with Crippen LogP contribution in [0.5, 0.6) is 0 Å². The molecular formula is C15H22FN. The fourth-order valence-corrected chi connectivity index (χ4v) is 2.74. The second-order valence-corrected chi connectivity index (χ2v) is 5.45. The Morgan fingerprint density at radius 2 is 1.94 bits per heavy atom. The number of likely N-dealkylation sites (tertiary alicyclic amines) is 1. The molecule has 0 aromatic heterocycles. The molecule has 1 aromatic carbocycles. The monoisotopic (exact) mass is 235 g/mol. The summed E-state index contributed by atoms with van der Waals surface area (Å²) in [4.78, 5) is 2.56. The maximum Gasteiger partial charge on any atom is 0.123 e. The second-order valence-electron chi connectivity index (χ2n) is 5.45. The first-order valence-corrected chi connectivity index (χ1v) is 6.66. The molecule has 1 nitrogen and oxygen atoms in total. The van der Waals surface area contributed by atoms with Crippen molar-refractivity contribution in [2.75, 3.05) is 13.1 Å². The van der Waals surface area contributed by atoms with Gasteiger partial charge in [0.1, 0.15) is 5.82 Å². The van der Waals surface area contributed by atoms with E-state index in [9.17, 15) is 4.39 Å². The minimum atomic E-state index is -0.139.